The zero-order valence-electron chi connectivity index (χ0n) is 16.4. The number of rotatable bonds is 5. The van der Waals surface area contributed by atoms with Crippen molar-refractivity contribution in [2.75, 3.05) is 30.9 Å². The Labute approximate surface area is 159 Å². The first-order valence-corrected chi connectivity index (χ1v) is 9.55. The molecule has 0 bridgehead atoms. The lowest BCUT2D eigenvalue weighted by atomic mass is 10.1. The average molecular weight is 365 g/mol. The standard InChI is InChI=1S/C20H27N7/c1-5-14(19-23-15-7-6-12(2)10-16(15)24-19)22-18-13-8-9-21-11-17(13)25-20(26-18)27(3)4/h6-7,10,14,21H,5,8-9,11H2,1-4H3,(H,23,24)(H,22,25,26)/t14-/m1/s1. The summed E-state index contributed by atoms with van der Waals surface area (Å²) in [6.07, 6.45) is 1.84. The van der Waals surface area contributed by atoms with Gasteiger partial charge in [-0.15, -0.1) is 0 Å². The van der Waals surface area contributed by atoms with Crippen LogP contribution in [0.1, 0.15) is 42.0 Å². The number of nitrogens with zero attached hydrogens (tertiary/aromatic N) is 4. The van der Waals surface area contributed by atoms with E-state index in [1.807, 2.05) is 19.0 Å². The Morgan fingerprint density at radius 2 is 2.07 bits per heavy atom. The van der Waals surface area contributed by atoms with Gasteiger partial charge in [0.1, 0.15) is 11.6 Å². The molecule has 4 rings (SSSR count). The van der Waals surface area contributed by atoms with Gasteiger partial charge in [0.2, 0.25) is 5.95 Å². The highest BCUT2D eigenvalue weighted by molar-refractivity contribution is 5.76. The molecular weight excluding hydrogens is 338 g/mol. The summed E-state index contributed by atoms with van der Waals surface area (Å²) in [5, 5.41) is 7.05. The summed E-state index contributed by atoms with van der Waals surface area (Å²) in [4.78, 5) is 19.8. The maximum Gasteiger partial charge on any atom is 0.227 e. The Kier molecular flexibility index (Phi) is 4.70. The molecule has 0 fully saturated rings. The van der Waals surface area contributed by atoms with E-state index in [1.54, 1.807) is 0 Å². The number of benzene rings is 1. The number of H-pyrrole nitrogens is 1. The molecule has 3 N–H and O–H groups in total. The smallest absolute Gasteiger partial charge is 0.227 e. The Balaban J connectivity index is 1.71. The topological polar surface area (TPSA) is 81.8 Å². The van der Waals surface area contributed by atoms with Crippen molar-refractivity contribution in [2.24, 2.45) is 0 Å². The molecule has 0 saturated heterocycles. The highest BCUT2D eigenvalue weighted by Gasteiger charge is 2.22. The van der Waals surface area contributed by atoms with Gasteiger partial charge in [-0.2, -0.15) is 4.98 Å². The summed E-state index contributed by atoms with van der Waals surface area (Å²) >= 11 is 0. The lowest BCUT2D eigenvalue weighted by Gasteiger charge is -2.24. The van der Waals surface area contributed by atoms with Crippen molar-refractivity contribution in [3.05, 3.63) is 40.8 Å². The molecule has 7 nitrogen and oxygen atoms in total. The van der Waals surface area contributed by atoms with Crippen molar-refractivity contribution >= 4 is 22.8 Å². The lowest BCUT2D eigenvalue weighted by molar-refractivity contribution is 0.619. The van der Waals surface area contributed by atoms with E-state index in [2.05, 4.69) is 47.7 Å². The van der Waals surface area contributed by atoms with Gasteiger partial charge in [0.25, 0.3) is 0 Å². The molecule has 0 unspecified atom stereocenters. The molecule has 0 radical (unpaired) electrons. The molecule has 1 aromatic carbocycles. The number of aryl methyl sites for hydroxylation is 1. The van der Waals surface area contributed by atoms with E-state index in [0.717, 1.165) is 60.2 Å². The van der Waals surface area contributed by atoms with Gasteiger partial charge < -0.3 is 20.5 Å². The molecule has 1 atom stereocenters. The number of imidazole rings is 1. The minimum Gasteiger partial charge on any atom is -0.360 e. The maximum absolute atomic E-state index is 4.81. The summed E-state index contributed by atoms with van der Waals surface area (Å²) in [6, 6.07) is 6.38. The van der Waals surface area contributed by atoms with E-state index in [9.17, 15) is 0 Å². The van der Waals surface area contributed by atoms with Crippen molar-refractivity contribution in [3.63, 3.8) is 0 Å². The summed E-state index contributed by atoms with van der Waals surface area (Å²) in [7, 11) is 3.95. The third-order valence-electron chi connectivity index (χ3n) is 5.03. The fourth-order valence-corrected chi connectivity index (χ4v) is 3.50. The van der Waals surface area contributed by atoms with E-state index in [-0.39, 0.29) is 6.04 Å². The molecular formula is C20H27N7. The van der Waals surface area contributed by atoms with Crippen LogP contribution in [-0.2, 0) is 13.0 Å². The third-order valence-corrected chi connectivity index (χ3v) is 5.03. The molecule has 1 aliphatic rings. The van der Waals surface area contributed by atoms with Crippen molar-refractivity contribution in [2.45, 2.75) is 39.3 Å². The van der Waals surface area contributed by atoms with Gasteiger partial charge in [0.05, 0.1) is 22.8 Å². The lowest BCUT2D eigenvalue weighted by Crippen LogP contribution is -2.28. The SMILES string of the molecule is CC[C@@H](Nc1nc(N(C)C)nc2c1CCNC2)c1nc2ccc(C)cc2[nH]1. The van der Waals surface area contributed by atoms with Crippen LogP contribution in [0.15, 0.2) is 18.2 Å². The van der Waals surface area contributed by atoms with Crippen LogP contribution in [0.4, 0.5) is 11.8 Å². The normalized spacial score (nSPS) is 14.8. The first kappa shape index (κ1) is 17.7. The largest absolute Gasteiger partial charge is 0.360 e. The van der Waals surface area contributed by atoms with Gasteiger partial charge in [0, 0.05) is 26.2 Å². The summed E-state index contributed by atoms with van der Waals surface area (Å²) < 4.78 is 0. The molecule has 3 heterocycles. The Morgan fingerprint density at radius 1 is 1.22 bits per heavy atom. The summed E-state index contributed by atoms with van der Waals surface area (Å²) in [6.45, 7) is 6.00. The number of aromatic nitrogens is 4. The third kappa shape index (κ3) is 3.47. The molecule has 0 amide bonds. The number of aromatic amines is 1. The number of nitrogens with one attached hydrogen (secondary N) is 3. The second kappa shape index (κ2) is 7.15. The van der Waals surface area contributed by atoms with E-state index in [1.165, 1.54) is 11.1 Å². The molecule has 0 aliphatic carbocycles. The highest BCUT2D eigenvalue weighted by atomic mass is 15.2. The first-order valence-electron chi connectivity index (χ1n) is 9.55. The van der Waals surface area contributed by atoms with Crippen molar-refractivity contribution in [1.29, 1.82) is 0 Å². The minimum atomic E-state index is 0.0709. The maximum atomic E-state index is 4.81. The number of fused-ring (bicyclic) bond motifs is 2. The number of hydrogen-bond donors (Lipinski definition) is 3. The van der Waals surface area contributed by atoms with E-state index >= 15 is 0 Å². The summed E-state index contributed by atoms with van der Waals surface area (Å²) in [5.74, 6) is 2.61. The molecule has 0 saturated carbocycles. The average Bonchev–Trinajstić information content (AvgIpc) is 3.08. The van der Waals surface area contributed by atoms with E-state index in [0.29, 0.717) is 0 Å². The van der Waals surface area contributed by atoms with Crippen LogP contribution >= 0.6 is 0 Å². The molecule has 2 aromatic heterocycles. The van der Waals surface area contributed by atoms with Crippen LogP contribution in [0, 0.1) is 6.92 Å². The first-order chi connectivity index (χ1) is 13.0. The van der Waals surface area contributed by atoms with E-state index in [4.69, 9.17) is 15.0 Å². The number of anilines is 2. The second-order valence-corrected chi connectivity index (χ2v) is 7.37. The van der Waals surface area contributed by atoms with Gasteiger partial charge in [-0.1, -0.05) is 13.0 Å². The highest BCUT2D eigenvalue weighted by Crippen LogP contribution is 2.28. The monoisotopic (exact) mass is 365 g/mol. The quantitative estimate of drug-likeness (QED) is 0.645. The van der Waals surface area contributed by atoms with Gasteiger partial charge >= 0.3 is 0 Å². The molecule has 1 aliphatic heterocycles. The molecule has 7 heteroatoms. The van der Waals surface area contributed by atoms with Crippen LogP contribution in [0.5, 0.6) is 0 Å². The minimum absolute atomic E-state index is 0.0709. The fourth-order valence-electron chi connectivity index (χ4n) is 3.50. The van der Waals surface area contributed by atoms with Gasteiger partial charge in [-0.3, -0.25) is 0 Å². The van der Waals surface area contributed by atoms with Crippen LogP contribution in [-0.4, -0.2) is 40.6 Å². The van der Waals surface area contributed by atoms with Crippen LogP contribution in [0.2, 0.25) is 0 Å². The number of hydrogen-bond acceptors (Lipinski definition) is 6. The molecule has 3 aromatic rings. The molecule has 142 valence electrons. The molecule has 27 heavy (non-hydrogen) atoms. The van der Waals surface area contributed by atoms with Crippen LogP contribution in [0.25, 0.3) is 11.0 Å². The van der Waals surface area contributed by atoms with Gasteiger partial charge in [0.15, 0.2) is 0 Å². The van der Waals surface area contributed by atoms with Crippen molar-refractivity contribution in [1.82, 2.24) is 25.3 Å². The van der Waals surface area contributed by atoms with Gasteiger partial charge in [-0.05, 0) is 44.0 Å². The van der Waals surface area contributed by atoms with Gasteiger partial charge in [-0.25, -0.2) is 9.97 Å². The predicted molar refractivity (Wildman–Crippen MR) is 109 cm³/mol. The Bertz CT molecular complexity index is 960. The van der Waals surface area contributed by atoms with Crippen LogP contribution < -0.4 is 15.5 Å². The zero-order valence-corrected chi connectivity index (χ0v) is 16.4. The zero-order chi connectivity index (χ0) is 19.0. The summed E-state index contributed by atoms with van der Waals surface area (Å²) in [5.41, 5.74) is 5.60. The van der Waals surface area contributed by atoms with Crippen LogP contribution in [0.3, 0.4) is 0 Å². The fraction of sp³-hybridized carbons (Fsp3) is 0.450. The predicted octanol–water partition coefficient (Wildman–Crippen LogP) is 2.94. The molecule has 0 spiro atoms. The van der Waals surface area contributed by atoms with E-state index < -0.39 is 0 Å². The van der Waals surface area contributed by atoms with Crippen molar-refractivity contribution in [3.8, 4) is 0 Å². The second-order valence-electron chi connectivity index (χ2n) is 7.37. The van der Waals surface area contributed by atoms with Crippen molar-refractivity contribution < 1.29 is 0 Å². The Hall–Kier alpha value is -2.67. The Morgan fingerprint density at radius 3 is 2.85 bits per heavy atom.